The van der Waals surface area contributed by atoms with Crippen molar-refractivity contribution in [1.29, 1.82) is 0 Å². The zero-order chi connectivity index (χ0) is 21.5. The Morgan fingerprint density at radius 2 is 1.61 bits per heavy atom. The fourth-order valence-corrected chi connectivity index (χ4v) is 5.75. The molecule has 4 rings (SSSR count). The highest BCUT2D eigenvalue weighted by molar-refractivity contribution is 5.86. The summed E-state index contributed by atoms with van der Waals surface area (Å²) >= 11 is 0. The molecule has 2 aliphatic carbocycles. The number of nitrogens with one attached hydrogen (secondary N) is 1. The molecule has 0 bridgehead atoms. The van der Waals surface area contributed by atoms with Crippen molar-refractivity contribution >= 4 is 5.91 Å². The molecule has 5 atom stereocenters. The van der Waals surface area contributed by atoms with Crippen LogP contribution in [0.4, 0.5) is 0 Å². The van der Waals surface area contributed by atoms with Crippen molar-refractivity contribution in [1.82, 2.24) is 5.32 Å². The first-order valence-electron chi connectivity index (χ1n) is 12.6. The molecule has 4 aliphatic rings. The first-order valence-corrected chi connectivity index (χ1v) is 12.6. The molecule has 6 nitrogen and oxygen atoms in total. The van der Waals surface area contributed by atoms with E-state index in [2.05, 4.69) is 11.9 Å². The minimum atomic E-state index is -0.166. The number of carbonyl (C=O) groups is 1. The second kappa shape index (κ2) is 11.8. The number of amides is 1. The molecule has 1 N–H and O–H groups in total. The molecule has 0 aromatic carbocycles. The third kappa shape index (κ3) is 6.53. The normalized spacial score (nSPS) is 34.5. The maximum absolute atomic E-state index is 11.5. The summed E-state index contributed by atoms with van der Waals surface area (Å²) in [5, 5.41) is 2.84. The Kier molecular flexibility index (Phi) is 8.82. The van der Waals surface area contributed by atoms with Crippen LogP contribution in [0.5, 0.6) is 0 Å². The predicted octanol–water partition coefficient (Wildman–Crippen LogP) is 3.78. The summed E-state index contributed by atoms with van der Waals surface area (Å²) in [7, 11) is 0. The molecule has 0 radical (unpaired) electrons. The lowest BCUT2D eigenvalue weighted by molar-refractivity contribution is -0.118. The van der Waals surface area contributed by atoms with Crippen molar-refractivity contribution in [2.45, 2.75) is 101 Å². The highest BCUT2D eigenvalue weighted by Crippen LogP contribution is 2.37. The number of fused-ring (bicyclic) bond motifs is 1. The number of rotatable bonds is 10. The van der Waals surface area contributed by atoms with Crippen LogP contribution in [0, 0.1) is 11.8 Å². The van der Waals surface area contributed by atoms with Crippen molar-refractivity contribution in [3.63, 3.8) is 0 Å². The zero-order valence-electron chi connectivity index (χ0n) is 19.0. The van der Waals surface area contributed by atoms with Gasteiger partial charge < -0.3 is 24.3 Å². The van der Waals surface area contributed by atoms with E-state index in [1.165, 1.54) is 70.3 Å². The van der Waals surface area contributed by atoms with Crippen molar-refractivity contribution < 1.29 is 23.7 Å². The lowest BCUT2D eigenvalue weighted by atomic mass is 9.90. The fraction of sp³-hybridized carbons (Fsp3) is 0.880. The van der Waals surface area contributed by atoms with Gasteiger partial charge in [-0.3, -0.25) is 4.79 Å². The molecule has 4 fully saturated rings. The lowest BCUT2D eigenvalue weighted by Gasteiger charge is -2.28. The quantitative estimate of drug-likeness (QED) is 0.529. The molecule has 0 aromatic rings. The summed E-state index contributed by atoms with van der Waals surface area (Å²) in [4.78, 5) is 11.5. The monoisotopic (exact) mass is 435 g/mol. The molecule has 2 aliphatic heterocycles. The molecule has 0 unspecified atom stereocenters. The lowest BCUT2D eigenvalue weighted by Crippen LogP contribution is -2.40. The van der Waals surface area contributed by atoms with E-state index in [-0.39, 0.29) is 36.4 Å². The van der Waals surface area contributed by atoms with E-state index in [0.29, 0.717) is 25.0 Å². The van der Waals surface area contributed by atoms with Crippen molar-refractivity contribution in [2.24, 2.45) is 11.8 Å². The van der Waals surface area contributed by atoms with Crippen molar-refractivity contribution in [3.05, 3.63) is 12.7 Å². The van der Waals surface area contributed by atoms with E-state index >= 15 is 0 Å². The fourth-order valence-electron chi connectivity index (χ4n) is 5.75. The SMILES string of the molecule is C=CC(=O)NC[C@@H]1C[C@@H]2O[C@H](COCC3CCCCC3)[C@@H](OCC3CCCCC3)[C@@H]2O1. The molecular formula is C25H41NO5. The van der Waals surface area contributed by atoms with E-state index in [4.69, 9.17) is 18.9 Å². The topological polar surface area (TPSA) is 66.0 Å². The van der Waals surface area contributed by atoms with Gasteiger partial charge in [0.05, 0.1) is 25.4 Å². The maximum atomic E-state index is 11.5. The largest absolute Gasteiger partial charge is 0.378 e. The Morgan fingerprint density at radius 3 is 2.29 bits per heavy atom. The summed E-state index contributed by atoms with van der Waals surface area (Å²) in [5.41, 5.74) is 0. The van der Waals surface area contributed by atoms with E-state index < -0.39 is 0 Å². The van der Waals surface area contributed by atoms with Gasteiger partial charge in [0.2, 0.25) is 5.91 Å². The van der Waals surface area contributed by atoms with Gasteiger partial charge in [0.15, 0.2) is 0 Å². The highest BCUT2D eigenvalue weighted by atomic mass is 16.6. The molecule has 31 heavy (non-hydrogen) atoms. The van der Waals surface area contributed by atoms with Crippen LogP contribution >= 0.6 is 0 Å². The summed E-state index contributed by atoms with van der Waals surface area (Å²) in [5.74, 6) is 1.19. The standard InChI is InChI=1S/C25H41NO5/c1-2-23(27)26-14-20-13-21-25(30-20)24(29-16-19-11-7-4-8-12-19)22(31-21)17-28-15-18-9-5-3-6-10-18/h2,18-22,24-25H,1,3-17H2,(H,26,27)/t20-,21-,22+,24+,25+/m0/s1. The van der Waals surface area contributed by atoms with Gasteiger partial charge in [-0.1, -0.05) is 45.1 Å². The van der Waals surface area contributed by atoms with Gasteiger partial charge in [-0.15, -0.1) is 0 Å². The number of carbonyl (C=O) groups excluding carboxylic acids is 1. The van der Waals surface area contributed by atoms with E-state index in [0.717, 1.165) is 19.6 Å². The molecule has 2 saturated carbocycles. The van der Waals surface area contributed by atoms with Crippen LogP contribution in [0.25, 0.3) is 0 Å². The van der Waals surface area contributed by atoms with Crippen LogP contribution in [0.1, 0.15) is 70.6 Å². The average molecular weight is 436 g/mol. The maximum Gasteiger partial charge on any atom is 0.243 e. The molecule has 1 amide bonds. The van der Waals surface area contributed by atoms with Crippen LogP contribution in [-0.4, -0.2) is 62.8 Å². The van der Waals surface area contributed by atoms with Crippen LogP contribution in [0.3, 0.4) is 0 Å². The van der Waals surface area contributed by atoms with Gasteiger partial charge >= 0.3 is 0 Å². The Labute approximate surface area is 187 Å². The third-order valence-electron chi connectivity index (χ3n) is 7.55. The van der Waals surface area contributed by atoms with Crippen LogP contribution in [-0.2, 0) is 23.7 Å². The van der Waals surface area contributed by atoms with Gasteiger partial charge in [-0.25, -0.2) is 0 Å². The third-order valence-corrected chi connectivity index (χ3v) is 7.55. The van der Waals surface area contributed by atoms with Crippen LogP contribution in [0.2, 0.25) is 0 Å². The molecule has 0 spiro atoms. The van der Waals surface area contributed by atoms with E-state index in [1.807, 2.05) is 0 Å². The van der Waals surface area contributed by atoms with E-state index in [1.54, 1.807) is 0 Å². The molecule has 2 heterocycles. The van der Waals surface area contributed by atoms with Gasteiger partial charge in [-0.05, 0) is 43.6 Å². The molecule has 0 aromatic heterocycles. The molecule has 6 heteroatoms. The summed E-state index contributed by atoms with van der Waals surface area (Å²) in [6.45, 7) is 6.20. The van der Waals surface area contributed by atoms with Gasteiger partial charge in [-0.2, -0.15) is 0 Å². The van der Waals surface area contributed by atoms with E-state index in [9.17, 15) is 4.79 Å². The van der Waals surface area contributed by atoms with Crippen molar-refractivity contribution in [2.75, 3.05) is 26.4 Å². The summed E-state index contributed by atoms with van der Waals surface area (Å²) in [6.07, 6.45) is 15.0. The predicted molar refractivity (Wildman–Crippen MR) is 119 cm³/mol. The Hall–Kier alpha value is -0.950. The Bertz CT molecular complexity index is 572. The smallest absolute Gasteiger partial charge is 0.243 e. The number of hydrogen-bond donors (Lipinski definition) is 1. The van der Waals surface area contributed by atoms with Gasteiger partial charge in [0.1, 0.15) is 18.3 Å². The Morgan fingerprint density at radius 1 is 0.935 bits per heavy atom. The second-order valence-corrected chi connectivity index (χ2v) is 9.96. The summed E-state index contributed by atoms with van der Waals surface area (Å²) in [6, 6.07) is 0. The summed E-state index contributed by atoms with van der Waals surface area (Å²) < 4.78 is 25.3. The second-order valence-electron chi connectivity index (χ2n) is 9.96. The van der Waals surface area contributed by atoms with Gasteiger partial charge in [0, 0.05) is 19.6 Å². The average Bonchev–Trinajstić information content (AvgIpc) is 3.35. The van der Waals surface area contributed by atoms with Crippen LogP contribution < -0.4 is 5.32 Å². The first kappa shape index (κ1) is 23.2. The molecular weight excluding hydrogens is 394 g/mol. The minimum Gasteiger partial charge on any atom is -0.378 e. The van der Waals surface area contributed by atoms with Crippen LogP contribution in [0.15, 0.2) is 12.7 Å². The van der Waals surface area contributed by atoms with Gasteiger partial charge in [0.25, 0.3) is 0 Å². The minimum absolute atomic E-state index is 0.0188. The Balaban J connectivity index is 1.28. The van der Waals surface area contributed by atoms with Crippen molar-refractivity contribution in [3.8, 4) is 0 Å². The zero-order valence-corrected chi connectivity index (χ0v) is 19.0. The number of ether oxygens (including phenoxy) is 4. The first-order chi connectivity index (χ1) is 15.2. The highest BCUT2D eigenvalue weighted by Gasteiger charge is 2.51. The molecule has 176 valence electrons. The molecule has 2 saturated heterocycles. The number of hydrogen-bond acceptors (Lipinski definition) is 5.